The molecule has 5 nitrogen and oxygen atoms in total. The van der Waals surface area contributed by atoms with E-state index in [0.717, 1.165) is 50.0 Å². The van der Waals surface area contributed by atoms with Gasteiger partial charge in [0.1, 0.15) is 5.82 Å². The van der Waals surface area contributed by atoms with Crippen molar-refractivity contribution in [1.29, 1.82) is 0 Å². The summed E-state index contributed by atoms with van der Waals surface area (Å²) in [5.41, 5.74) is 6.05. The number of aromatic nitrogens is 5. The molecule has 0 fully saturated rings. The summed E-state index contributed by atoms with van der Waals surface area (Å²) in [5.74, 6) is 0.872. The first-order chi connectivity index (χ1) is 18.4. The van der Waals surface area contributed by atoms with Crippen molar-refractivity contribution < 1.29 is 21.1 Å². The third-order valence-electron chi connectivity index (χ3n) is 7.01. The van der Waals surface area contributed by atoms with Gasteiger partial charge in [0.2, 0.25) is 0 Å². The van der Waals surface area contributed by atoms with Crippen molar-refractivity contribution in [3.05, 3.63) is 128 Å². The number of rotatable bonds is 3. The third kappa shape index (κ3) is 3.29. The number of hydrogen-bond donors (Lipinski definition) is 0. The average Bonchev–Trinajstić information content (AvgIpc) is 3.68. The minimum atomic E-state index is 0. The SMILES string of the molecule is [Pt+2].[c-]1c(-n2cccn2)ccc2c3ccccc3n(-c3[c-]c4c(cc3)c3ccccc3n4-c3ccccn3)c12. The molecule has 182 valence electrons. The van der Waals surface area contributed by atoms with E-state index in [-0.39, 0.29) is 21.1 Å². The molecule has 0 aliphatic carbocycles. The van der Waals surface area contributed by atoms with Crippen LogP contribution in [0.4, 0.5) is 0 Å². The summed E-state index contributed by atoms with van der Waals surface area (Å²) in [6.07, 6.45) is 5.55. The molecule has 0 aliphatic heterocycles. The van der Waals surface area contributed by atoms with Crippen molar-refractivity contribution in [2.45, 2.75) is 0 Å². The molecule has 0 atom stereocenters. The van der Waals surface area contributed by atoms with Crippen LogP contribution in [0.2, 0.25) is 0 Å². The Kier molecular flexibility index (Phi) is 5.27. The molecule has 8 aromatic rings. The molecule has 0 aliphatic rings. The minimum absolute atomic E-state index is 0. The zero-order chi connectivity index (χ0) is 24.3. The molecular weight excluding hydrogens is 649 g/mol. The summed E-state index contributed by atoms with van der Waals surface area (Å²) in [6, 6.07) is 40.8. The second kappa shape index (κ2) is 8.83. The number of nitrogens with zero attached hydrogens (tertiary/aromatic N) is 5. The molecule has 0 radical (unpaired) electrons. The van der Waals surface area contributed by atoms with E-state index in [1.807, 2.05) is 41.3 Å². The summed E-state index contributed by atoms with van der Waals surface area (Å²) < 4.78 is 6.28. The summed E-state index contributed by atoms with van der Waals surface area (Å²) in [7, 11) is 0. The molecule has 0 unspecified atom stereocenters. The number of pyridine rings is 1. The van der Waals surface area contributed by atoms with E-state index in [4.69, 9.17) is 0 Å². The van der Waals surface area contributed by atoms with Crippen LogP contribution in [0.5, 0.6) is 0 Å². The number of para-hydroxylation sites is 2. The van der Waals surface area contributed by atoms with Gasteiger partial charge in [0, 0.05) is 29.6 Å². The Balaban J connectivity index is 0.00000242. The molecule has 0 N–H and O–H groups in total. The van der Waals surface area contributed by atoms with Crippen LogP contribution in [0.15, 0.2) is 116 Å². The van der Waals surface area contributed by atoms with Crippen molar-refractivity contribution in [2.24, 2.45) is 0 Å². The van der Waals surface area contributed by atoms with E-state index in [9.17, 15) is 0 Å². The molecule has 4 aromatic heterocycles. The van der Waals surface area contributed by atoms with Crippen molar-refractivity contribution in [2.75, 3.05) is 0 Å². The zero-order valence-electron chi connectivity index (χ0n) is 20.0. The quantitative estimate of drug-likeness (QED) is 0.189. The average molecular weight is 669 g/mol. The van der Waals surface area contributed by atoms with Gasteiger partial charge in [-0.05, 0) is 46.8 Å². The first kappa shape index (κ1) is 22.7. The Labute approximate surface area is 232 Å². The second-order valence-corrected chi connectivity index (χ2v) is 9.06. The maximum absolute atomic E-state index is 4.67. The molecule has 6 heteroatoms. The van der Waals surface area contributed by atoms with Gasteiger partial charge in [-0.2, -0.15) is 17.2 Å². The fourth-order valence-electron chi connectivity index (χ4n) is 5.41. The van der Waals surface area contributed by atoms with Crippen LogP contribution in [0.3, 0.4) is 0 Å². The molecular formula is C32H19N5Pt. The predicted octanol–water partition coefficient (Wildman–Crippen LogP) is 7.06. The molecule has 4 heterocycles. The fourth-order valence-corrected chi connectivity index (χ4v) is 5.41. The summed E-state index contributed by atoms with van der Waals surface area (Å²) in [6.45, 7) is 0. The van der Waals surface area contributed by atoms with Crippen LogP contribution >= 0.6 is 0 Å². The first-order valence-corrected chi connectivity index (χ1v) is 12.2. The van der Waals surface area contributed by atoms with Crippen LogP contribution < -0.4 is 0 Å². The predicted molar refractivity (Wildman–Crippen MR) is 148 cm³/mol. The summed E-state index contributed by atoms with van der Waals surface area (Å²) >= 11 is 0. The van der Waals surface area contributed by atoms with E-state index in [1.165, 1.54) is 10.8 Å². The normalized spacial score (nSPS) is 11.5. The van der Waals surface area contributed by atoms with E-state index in [1.54, 1.807) is 6.20 Å². The van der Waals surface area contributed by atoms with Gasteiger partial charge in [-0.25, -0.2) is 4.98 Å². The van der Waals surface area contributed by atoms with Gasteiger partial charge in [-0.1, -0.05) is 59.2 Å². The van der Waals surface area contributed by atoms with E-state index in [0.29, 0.717) is 0 Å². The Hall–Kier alpha value is -4.47. The smallest absolute Gasteiger partial charge is 0.358 e. The largest absolute Gasteiger partial charge is 2.00 e. The Morgan fingerprint density at radius 2 is 1.16 bits per heavy atom. The van der Waals surface area contributed by atoms with Crippen LogP contribution in [0, 0.1) is 12.1 Å². The Bertz CT molecular complexity index is 2090. The standard InChI is InChI=1S/C32H19N5.Pt/c1-3-10-28-24(8-1)26-15-13-22(35-19-7-18-34-35)20-30(26)36(28)23-14-16-27-25-9-2-4-11-29(25)37(31(27)21-23)32-12-5-6-17-33-32;/h1-19H;/q-2;+2. The molecule has 0 saturated carbocycles. The molecule has 8 rings (SSSR count). The summed E-state index contributed by atoms with van der Waals surface area (Å²) in [4.78, 5) is 4.67. The van der Waals surface area contributed by atoms with Crippen molar-refractivity contribution in [3.8, 4) is 17.2 Å². The minimum Gasteiger partial charge on any atom is -0.358 e. The molecule has 0 spiro atoms. The monoisotopic (exact) mass is 668 g/mol. The zero-order valence-corrected chi connectivity index (χ0v) is 22.3. The molecule has 0 bridgehead atoms. The molecule has 38 heavy (non-hydrogen) atoms. The van der Waals surface area contributed by atoms with Crippen molar-refractivity contribution >= 4 is 43.6 Å². The molecule has 0 saturated heterocycles. The Morgan fingerprint density at radius 1 is 0.526 bits per heavy atom. The van der Waals surface area contributed by atoms with Crippen LogP contribution in [0.1, 0.15) is 0 Å². The van der Waals surface area contributed by atoms with Crippen LogP contribution in [0.25, 0.3) is 60.8 Å². The number of benzene rings is 4. The number of fused-ring (bicyclic) bond motifs is 6. The van der Waals surface area contributed by atoms with Gasteiger partial charge in [0.25, 0.3) is 0 Å². The van der Waals surface area contributed by atoms with E-state index in [2.05, 4.69) is 104 Å². The third-order valence-corrected chi connectivity index (χ3v) is 7.01. The van der Waals surface area contributed by atoms with Crippen LogP contribution in [-0.2, 0) is 21.1 Å². The first-order valence-electron chi connectivity index (χ1n) is 12.2. The maximum Gasteiger partial charge on any atom is 2.00 e. The van der Waals surface area contributed by atoms with Gasteiger partial charge >= 0.3 is 21.1 Å². The van der Waals surface area contributed by atoms with Crippen molar-refractivity contribution in [1.82, 2.24) is 23.9 Å². The second-order valence-electron chi connectivity index (χ2n) is 9.06. The Morgan fingerprint density at radius 3 is 1.84 bits per heavy atom. The van der Waals surface area contributed by atoms with Crippen molar-refractivity contribution in [3.63, 3.8) is 0 Å². The van der Waals surface area contributed by atoms with Crippen LogP contribution in [-0.4, -0.2) is 23.9 Å². The maximum atomic E-state index is 4.67. The van der Waals surface area contributed by atoms with Gasteiger partial charge in [-0.3, -0.25) is 4.68 Å². The van der Waals surface area contributed by atoms with Gasteiger partial charge in [0.05, 0.1) is 0 Å². The van der Waals surface area contributed by atoms with E-state index >= 15 is 0 Å². The fraction of sp³-hybridized carbons (Fsp3) is 0. The van der Waals surface area contributed by atoms with Gasteiger partial charge < -0.3 is 9.13 Å². The van der Waals surface area contributed by atoms with E-state index < -0.39 is 0 Å². The topological polar surface area (TPSA) is 40.6 Å². The molecule has 0 amide bonds. The molecule has 4 aromatic carbocycles. The summed E-state index contributed by atoms with van der Waals surface area (Å²) in [5, 5.41) is 9.07. The van der Waals surface area contributed by atoms with Gasteiger partial charge in [-0.15, -0.1) is 35.0 Å². The van der Waals surface area contributed by atoms with Gasteiger partial charge in [0.15, 0.2) is 0 Å². The number of hydrogen-bond acceptors (Lipinski definition) is 2.